The number of hydrogen-bond donors (Lipinski definition) is 1. The summed E-state index contributed by atoms with van der Waals surface area (Å²) in [7, 11) is 3.35. The molecule has 2 N–H and O–H groups in total. The summed E-state index contributed by atoms with van der Waals surface area (Å²) in [4.78, 5) is 4.96. The second-order valence-electron chi connectivity index (χ2n) is 2.39. The van der Waals surface area contributed by atoms with Gasteiger partial charge in [0.25, 0.3) is 0 Å². The lowest BCUT2D eigenvalue weighted by Gasteiger charge is -2.17. The molecule has 0 bridgehead atoms. The SMILES string of the molecule is CON(C)c1ccc(N)cc1Cl. The van der Waals surface area contributed by atoms with E-state index in [0.717, 1.165) is 5.69 Å². The van der Waals surface area contributed by atoms with Gasteiger partial charge in [0, 0.05) is 12.7 Å². The third-order valence-corrected chi connectivity index (χ3v) is 1.89. The summed E-state index contributed by atoms with van der Waals surface area (Å²) < 4.78 is 0. The molecule has 0 unspecified atom stereocenters. The Bertz CT molecular complexity index is 278. The van der Waals surface area contributed by atoms with Gasteiger partial charge in [0.15, 0.2) is 0 Å². The zero-order chi connectivity index (χ0) is 9.14. The Kier molecular flexibility index (Phi) is 2.78. The van der Waals surface area contributed by atoms with Crippen LogP contribution in [-0.4, -0.2) is 14.2 Å². The van der Waals surface area contributed by atoms with Crippen molar-refractivity contribution >= 4 is 23.0 Å². The highest BCUT2D eigenvalue weighted by Crippen LogP contribution is 2.26. The van der Waals surface area contributed by atoms with Gasteiger partial charge in [0.2, 0.25) is 0 Å². The van der Waals surface area contributed by atoms with Gasteiger partial charge in [0.05, 0.1) is 17.8 Å². The number of halogens is 1. The fourth-order valence-electron chi connectivity index (χ4n) is 0.877. The van der Waals surface area contributed by atoms with E-state index in [2.05, 4.69) is 0 Å². The molecule has 1 rings (SSSR count). The van der Waals surface area contributed by atoms with Crippen LogP contribution in [0.3, 0.4) is 0 Å². The maximum Gasteiger partial charge on any atom is 0.0820 e. The summed E-state index contributed by atoms with van der Waals surface area (Å²) in [5.74, 6) is 0. The third-order valence-electron chi connectivity index (χ3n) is 1.58. The molecule has 3 nitrogen and oxygen atoms in total. The van der Waals surface area contributed by atoms with E-state index in [1.54, 1.807) is 37.4 Å². The summed E-state index contributed by atoms with van der Waals surface area (Å²) >= 11 is 5.90. The van der Waals surface area contributed by atoms with Gasteiger partial charge >= 0.3 is 0 Å². The molecule has 0 heterocycles. The first-order chi connectivity index (χ1) is 5.65. The second-order valence-corrected chi connectivity index (χ2v) is 2.80. The lowest BCUT2D eigenvalue weighted by atomic mass is 10.3. The van der Waals surface area contributed by atoms with Crippen molar-refractivity contribution in [2.24, 2.45) is 0 Å². The number of hydroxylamine groups is 1. The molecule has 0 aliphatic carbocycles. The molecular formula is C8H11ClN2O. The van der Waals surface area contributed by atoms with E-state index in [-0.39, 0.29) is 0 Å². The van der Waals surface area contributed by atoms with Gasteiger partial charge in [-0.3, -0.25) is 9.90 Å². The number of nitrogens with two attached hydrogens (primary N) is 1. The molecule has 1 aromatic carbocycles. The average molecular weight is 187 g/mol. The van der Waals surface area contributed by atoms with Crippen molar-refractivity contribution in [1.29, 1.82) is 0 Å². The first-order valence-corrected chi connectivity index (χ1v) is 3.86. The van der Waals surface area contributed by atoms with Crippen LogP contribution in [0.15, 0.2) is 18.2 Å². The normalized spacial score (nSPS) is 9.92. The molecule has 4 heteroatoms. The Morgan fingerprint density at radius 3 is 2.67 bits per heavy atom. The molecule has 0 saturated heterocycles. The van der Waals surface area contributed by atoms with E-state index >= 15 is 0 Å². The quantitative estimate of drug-likeness (QED) is 0.567. The summed E-state index contributed by atoms with van der Waals surface area (Å²) in [6, 6.07) is 5.27. The standard InChI is InChI=1S/C8H11ClN2O/c1-11(12-2)8-4-3-6(10)5-7(8)9/h3-5H,10H2,1-2H3. The van der Waals surface area contributed by atoms with Crippen LogP contribution < -0.4 is 10.8 Å². The Morgan fingerprint density at radius 1 is 1.50 bits per heavy atom. The van der Waals surface area contributed by atoms with Gasteiger partial charge in [-0.15, -0.1) is 0 Å². The second kappa shape index (κ2) is 3.65. The molecule has 0 aromatic heterocycles. The van der Waals surface area contributed by atoms with Crippen LogP contribution >= 0.6 is 11.6 Å². The summed E-state index contributed by atoms with van der Waals surface area (Å²) in [6.45, 7) is 0. The van der Waals surface area contributed by atoms with E-state index in [1.165, 1.54) is 0 Å². The van der Waals surface area contributed by atoms with Crippen LogP contribution in [0.1, 0.15) is 0 Å². The Balaban J connectivity index is 3.01. The number of nitrogen functional groups attached to an aromatic ring is 1. The molecule has 0 amide bonds. The molecule has 0 radical (unpaired) electrons. The number of hydrogen-bond acceptors (Lipinski definition) is 3. The van der Waals surface area contributed by atoms with E-state index in [9.17, 15) is 0 Å². The molecule has 0 saturated carbocycles. The minimum Gasteiger partial charge on any atom is -0.399 e. The van der Waals surface area contributed by atoms with Gasteiger partial charge in [-0.05, 0) is 18.2 Å². The van der Waals surface area contributed by atoms with Gasteiger partial charge < -0.3 is 5.73 Å². The highest BCUT2D eigenvalue weighted by molar-refractivity contribution is 6.33. The van der Waals surface area contributed by atoms with Gasteiger partial charge in [-0.1, -0.05) is 11.6 Å². The fraction of sp³-hybridized carbons (Fsp3) is 0.250. The maximum atomic E-state index is 5.90. The number of nitrogens with zero attached hydrogens (tertiary/aromatic N) is 1. The first kappa shape index (κ1) is 9.16. The number of anilines is 2. The van der Waals surface area contributed by atoms with Crippen molar-refractivity contribution in [2.45, 2.75) is 0 Å². The van der Waals surface area contributed by atoms with Crippen LogP contribution in [0.4, 0.5) is 11.4 Å². The van der Waals surface area contributed by atoms with Crippen molar-refractivity contribution < 1.29 is 4.84 Å². The van der Waals surface area contributed by atoms with Crippen LogP contribution in [0.25, 0.3) is 0 Å². The summed E-state index contributed by atoms with van der Waals surface area (Å²) in [6.07, 6.45) is 0. The molecule has 1 aromatic rings. The number of rotatable bonds is 2. The Labute approximate surface area is 76.6 Å². The van der Waals surface area contributed by atoms with Crippen LogP contribution in [-0.2, 0) is 4.84 Å². The average Bonchev–Trinajstić information content (AvgIpc) is 2.03. The fourth-order valence-corrected chi connectivity index (χ4v) is 1.18. The van der Waals surface area contributed by atoms with Crippen molar-refractivity contribution in [3.63, 3.8) is 0 Å². The van der Waals surface area contributed by atoms with Gasteiger partial charge in [-0.25, -0.2) is 0 Å². The lowest BCUT2D eigenvalue weighted by molar-refractivity contribution is 0.185. The highest BCUT2D eigenvalue weighted by atomic mass is 35.5. The van der Waals surface area contributed by atoms with Crippen LogP contribution in [0.5, 0.6) is 0 Å². The molecule has 12 heavy (non-hydrogen) atoms. The predicted octanol–water partition coefficient (Wildman–Crippen LogP) is 1.92. The molecule has 0 atom stereocenters. The van der Waals surface area contributed by atoms with E-state index in [0.29, 0.717) is 10.7 Å². The highest BCUT2D eigenvalue weighted by Gasteiger charge is 2.04. The zero-order valence-corrected chi connectivity index (χ0v) is 7.80. The van der Waals surface area contributed by atoms with Gasteiger partial charge in [0.1, 0.15) is 0 Å². The number of benzene rings is 1. The Morgan fingerprint density at radius 2 is 2.17 bits per heavy atom. The molecule has 0 aliphatic heterocycles. The van der Waals surface area contributed by atoms with Crippen LogP contribution in [0.2, 0.25) is 5.02 Å². The molecule has 0 spiro atoms. The topological polar surface area (TPSA) is 38.5 Å². The van der Waals surface area contributed by atoms with E-state index in [1.807, 2.05) is 0 Å². The van der Waals surface area contributed by atoms with Crippen molar-refractivity contribution in [1.82, 2.24) is 0 Å². The van der Waals surface area contributed by atoms with Crippen molar-refractivity contribution in [3.05, 3.63) is 23.2 Å². The minimum absolute atomic E-state index is 0.583. The molecule has 66 valence electrons. The minimum atomic E-state index is 0.583. The summed E-state index contributed by atoms with van der Waals surface area (Å²) in [5.41, 5.74) is 6.97. The molecule has 0 aliphatic rings. The third kappa shape index (κ3) is 1.81. The van der Waals surface area contributed by atoms with Crippen molar-refractivity contribution in [3.8, 4) is 0 Å². The van der Waals surface area contributed by atoms with Crippen LogP contribution in [0, 0.1) is 0 Å². The van der Waals surface area contributed by atoms with Gasteiger partial charge in [-0.2, -0.15) is 0 Å². The smallest absolute Gasteiger partial charge is 0.0820 e. The zero-order valence-electron chi connectivity index (χ0n) is 7.04. The van der Waals surface area contributed by atoms with E-state index in [4.69, 9.17) is 22.2 Å². The monoisotopic (exact) mass is 186 g/mol. The first-order valence-electron chi connectivity index (χ1n) is 3.48. The summed E-state index contributed by atoms with van der Waals surface area (Å²) in [5, 5.41) is 2.15. The predicted molar refractivity (Wildman–Crippen MR) is 51.3 cm³/mol. The lowest BCUT2D eigenvalue weighted by Crippen LogP contribution is -2.14. The Hall–Kier alpha value is -0.930. The molecular weight excluding hydrogens is 176 g/mol. The largest absolute Gasteiger partial charge is 0.399 e. The maximum absolute atomic E-state index is 5.90. The van der Waals surface area contributed by atoms with E-state index < -0.39 is 0 Å². The van der Waals surface area contributed by atoms with Crippen molar-refractivity contribution in [2.75, 3.05) is 25.0 Å². The molecule has 0 fully saturated rings.